The van der Waals surface area contributed by atoms with Gasteiger partial charge in [-0.25, -0.2) is 4.98 Å². The Balaban J connectivity index is 2.16. The van der Waals surface area contributed by atoms with Crippen molar-refractivity contribution in [2.24, 2.45) is 0 Å². The van der Waals surface area contributed by atoms with E-state index in [0.717, 1.165) is 27.1 Å². The van der Waals surface area contributed by atoms with Gasteiger partial charge in [0.2, 0.25) is 0 Å². The van der Waals surface area contributed by atoms with Gasteiger partial charge >= 0.3 is 0 Å². The fourth-order valence-electron chi connectivity index (χ4n) is 1.37. The first-order valence-electron chi connectivity index (χ1n) is 5.24. The minimum absolute atomic E-state index is 0.726. The Morgan fingerprint density at radius 3 is 2.41 bits per heavy atom. The van der Waals surface area contributed by atoms with Crippen molar-refractivity contribution in [3.05, 3.63) is 42.1 Å². The monoisotopic (exact) mass is 246 g/mol. The zero-order chi connectivity index (χ0) is 12.3. The van der Waals surface area contributed by atoms with E-state index in [1.807, 2.05) is 43.3 Å². The molecule has 0 bridgehead atoms. The highest BCUT2D eigenvalue weighted by Crippen LogP contribution is 2.28. The maximum atomic E-state index is 5.73. The number of nitrogen functional groups attached to an aromatic ring is 1. The van der Waals surface area contributed by atoms with Gasteiger partial charge in [-0.05, 0) is 43.3 Å². The molecule has 0 radical (unpaired) electrons. The van der Waals surface area contributed by atoms with Crippen LogP contribution in [0.5, 0.6) is 5.75 Å². The van der Waals surface area contributed by atoms with Gasteiger partial charge in [0.25, 0.3) is 0 Å². The van der Waals surface area contributed by atoms with Crippen LogP contribution in [0, 0.1) is 6.92 Å². The molecule has 0 fully saturated rings. The molecule has 1 aromatic heterocycles. The third kappa shape index (κ3) is 2.91. The summed E-state index contributed by atoms with van der Waals surface area (Å²) >= 11 is 1.61. The van der Waals surface area contributed by atoms with E-state index in [-0.39, 0.29) is 0 Å². The molecule has 0 saturated carbocycles. The lowest BCUT2D eigenvalue weighted by Crippen LogP contribution is -1.93. The molecular formula is C13H14N2OS. The molecule has 1 aromatic carbocycles. The highest BCUT2D eigenvalue weighted by Gasteiger charge is 2.01. The van der Waals surface area contributed by atoms with Crippen LogP contribution in [0.1, 0.15) is 5.69 Å². The molecule has 0 aliphatic rings. The van der Waals surface area contributed by atoms with Crippen molar-refractivity contribution in [3.63, 3.8) is 0 Å². The van der Waals surface area contributed by atoms with Crippen molar-refractivity contribution in [3.8, 4) is 5.75 Å². The Morgan fingerprint density at radius 1 is 1.12 bits per heavy atom. The zero-order valence-electron chi connectivity index (χ0n) is 9.81. The van der Waals surface area contributed by atoms with Gasteiger partial charge in [-0.1, -0.05) is 11.8 Å². The molecule has 1 heterocycles. The molecule has 0 saturated heterocycles. The number of pyridine rings is 1. The summed E-state index contributed by atoms with van der Waals surface area (Å²) in [6.45, 7) is 1.91. The third-order valence-electron chi connectivity index (χ3n) is 2.38. The number of nitrogens with two attached hydrogens (primary N) is 1. The van der Waals surface area contributed by atoms with Gasteiger partial charge in [0.05, 0.1) is 18.5 Å². The number of anilines is 1. The van der Waals surface area contributed by atoms with Gasteiger partial charge < -0.3 is 10.5 Å². The largest absolute Gasteiger partial charge is 0.497 e. The molecule has 0 aliphatic heterocycles. The van der Waals surface area contributed by atoms with Crippen LogP contribution in [0.2, 0.25) is 0 Å². The molecule has 17 heavy (non-hydrogen) atoms. The second kappa shape index (κ2) is 5.10. The van der Waals surface area contributed by atoms with Crippen LogP contribution in [0.15, 0.2) is 46.3 Å². The molecule has 2 aromatic rings. The van der Waals surface area contributed by atoms with Crippen LogP contribution in [0.25, 0.3) is 0 Å². The molecule has 0 atom stereocenters. The quantitative estimate of drug-likeness (QED) is 0.904. The molecule has 2 N–H and O–H groups in total. The predicted octanol–water partition coefficient (Wildman–Crippen LogP) is 3.13. The van der Waals surface area contributed by atoms with Crippen LogP contribution in [0.3, 0.4) is 0 Å². The number of methoxy groups -OCH3 is 1. The highest BCUT2D eigenvalue weighted by atomic mass is 32.2. The Morgan fingerprint density at radius 2 is 1.82 bits per heavy atom. The summed E-state index contributed by atoms with van der Waals surface area (Å²) in [4.78, 5) is 5.54. The molecule has 2 rings (SSSR count). The van der Waals surface area contributed by atoms with Gasteiger partial charge in [-0.15, -0.1) is 0 Å². The summed E-state index contributed by atoms with van der Waals surface area (Å²) in [5.41, 5.74) is 7.32. The van der Waals surface area contributed by atoms with Crippen molar-refractivity contribution in [2.75, 3.05) is 12.8 Å². The Bertz CT molecular complexity index is 511. The average molecular weight is 246 g/mol. The van der Waals surface area contributed by atoms with E-state index >= 15 is 0 Å². The lowest BCUT2D eigenvalue weighted by molar-refractivity contribution is 0.414. The van der Waals surface area contributed by atoms with Crippen LogP contribution >= 0.6 is 11.8 Å². The molecule has 88 valence electrons. The normalized spacial score (nSPS) is 10.2. The van der Waals surface area contributed by atoms with E-state index in [9.17, 15) is 0 Å². The molecular weight excluding hydrogens is 232 g/mol. The number of hydrogen-bond acceptors (Lipinski definition) is 4. The van der Waals surface area contributed by atoms with E-state index in [1.54, 1.807) is 18.9 Å². The molecule has 0 aliphatic carbocycles. The van der Waals surface area contributed by atoms with E-state index in [2.05, 4.69) is 4.98 Å². The third-order valence-corrected chi connectivity index (χ3v) is 3.33. The summed E-state index contributed by atoms with van der Waals surface area (Å²) in [6, 6.07) is 11.7. The standard InChI is InChI=1S/C13H14N2OS/c1-9-12(14)7-8-13(15-9)17-11-5-3-10(16-2)4-6-11/h3-8H,14H2,1-2H3. The van der Waals surface area contributed by atoms with Gasteiger partial charge in [-0.3, -0.25) is 0 Å². The maximum Gasteiger partial charge on any atom is 0.118 e. The van der Waals surface area contributed by atoms with Gasteiger partial charge in [0.1, 0.15) is 10.8 Å². The topological polar surface area (TPSA) is 48.1 Å². The molecule has 0 amide bonds. The first-order chi connectivity index (χ1) is 8.19. The van der Waals surface area contributed by atoms with E-state index in [4.69, 9.17) is 10.5 Å². The average Bonchev–Trinajstić information content (AvgIpc) is 2.35. The predicted molar refractivity (Wildman–Crippen MR) is 70.5 cm³/mol. The summed E-state index contributed by atoms with van der Waals surface area (Å²) in [5, 5.41) is 0.946. The fraction of sp³-hybridized carbons (Fsp3) is 0.154. The van der Waals surface area contributed by atoms with Crippen molar-refractivity contribution < 1.29 is 4.74 Å². The van der Waals surface area contributed by atoms with Crippen LogP contribution in [-0.4, -0.2) is 12.1 Å². The summed E-state index contributed by atoms with van der Waals surface area (Å²) < 4.78 is 5.11. The fourth-order valence-corrected chi connectivity index (χ4v) is 2.20. The van der Waals surface area contributed by atoms with Crippen LogP contribution < -0.4 is 10.5 Å². The Labute approximate surface area is 105 Å². The SMILES string of the molecule is COc1ccc(Sc2ccc(N)c(C)n2)cc1. The minimum Gasteiger partial charge on any atom is -0.497 e. The zero-order valence-corrected chi connectivity index (χ0v) is 10.6. The summed E-state index contributed by atoms with van der Waals surface area (Å²) in [5.74, 6) is 0.857. The van der Waals surface area contributed by atoms with Crippen molar-refractivity contribution >= 4 is 17.4 Å². The second-order valence-electron chi connectivity index (χ2n) is 3.60. The molecule has 4 heteroatoms. The lowest BCUT2D eigenvalue weighted by atomic mass is 10.3. The number of hydrogen-bond donors (Lipinski definition) is 1. The highest BCUT2D eigenvalue weighted by molar-refractivity contribution is 7.99. The van der Waals surface area contributed by atoms with E-state index < -0.39 is 0 Å². The lowest BCUT2D eigenvalue weighted by Gasteiger charge is -2.05. The van der Waals surface area contributed by atoms with Crippen molar-refractivity contribution in [1.29, 1.82) is 0 Å². The molecule has 0 spiro atoms. The number of ether oxygens (including phenoxy) is 1. The smallest absolute Gasteiger partial charge is 0.118 e. The van der Waals surface area contributed by atoms with Gasteiger partial charge in [-0.2, -0.15) is 0 Å². The van der Waals surface area contributed by atoms with Crippen molar-refractivity contribution in [2.45, 2.75) is 16.8 Å². The van der Waals surface area contributed by atoms with Crippen LogP contribution in [0.4, 0.5) is 5.69 Å². The second-order valence-corrected chi connectivity index (χ2v) is 4.70. The Hall–Kier alpha value is -1.68. The maximum absolute atomic E-state index is 5.73. The van der Waals surface area contributed by atoms with E-state index in [0.29, 0.717) is 0 Å². The minimum atomic E-state index is 0.726. The van der Waals surface area contributed by atoms with Gasteiger partial charge in [0, 0.05) is 4.90 Å². The number of aromatic nitrogens is 1. The first-order valence-corrected chi connectivity index (χ1v) is 6.06. The number of benzene rings is 1. The summed E-state index contributed by atoms with van der Waals surface area (Å²) in [7, 11) is 1.66. The van der Waals surface area contributed by atoms with Crippen molar-refractivity contribution in [1.82, 2.24) is 4.98 Å². The Kier molecular flexibility index (Phi) is 3.54. The first kappa shape index (κ1) is 11.8. The molecule has 3 nitrogen and oxygen atoms in total. The summed E-state index contributed by atoms with van der Waals surface area (Å²) in [6.07, 6.45) is 0. The number of rotatable bonds is 3. The van der Waals surface area contributed by atoms with Crippen LogP contribution in [-0.2, 0) is 0 Å². The molecule has 0 unspecified atom stereocenters. The number of nitrogens with zero attached hydrogens (tertiary/aromatic N) is 1. The number of aryl methyl sites for hydroxylation is 1. The van der Waals surface area contributed by atoms with Gasteiger partial charge in [0.15, 0.2) is 0 Å². The van der Waals surface area contributed by atoms with E-state index in [1.165, 1.54) is 0 Å².